The summed E-state index contributed by atoms with van der Waals surface area (Å²) in [6.45, 7) is 1.21. The summed E-state index contributed by atoms with van der Waals surface area (Å²) in [5.74, 6) is 1.34. The second-order valence-electron chi connectivity index (χ2n) is 7.63. The molecule has 1 aliphatic carbocycles. The molecular weight excluding hydrogens is 340 g/mol. The Morgan fingerprint density at radius 1 is 1.26 bits per heavy atom. The van der Waals surface area contributed by atoms with Crippen molar-refractivity contribution in [2.75, 3.05) is 6.54 Å². The highest BCUT2D eigenvalue weighted by atomic mass is 16.5. The van der Waals surface area contributed by atoms with E-state index in [-0.39, 0.29) is 11.8 Å². The van der Waals surface area contributed by atoms with Crippen LogP contribution in [0.3, 0.4) is 0 Å². The fraction of sp³-hybridized carbons (Fsp3) is 0.381. The van der Waals surface area contributed by atoms with Gasteiger partial charge in [0.1, 0.15) is 5.76 Å². The Labute approximate surface area is 157 Å². The van der Waals surface area contributed by atoms with Crippen molar-refractivity contribution in [3.63, 3.8) is 0 Å². The van der Waals surface area contributed by atoms with Crippen molar-refractivity contribution in [2.24, 2.45) is 7.05 Å². The first-order chi connectivity index (χ1) is 13.2. The zero-order chi connectivity index (χ0) is 18.4. The van der Waals surface area contributed by atoms with Gasteiger partial charge in [-0.1, -0.05) is 35.8 Å². The van der Waals surface area contributed by atoms with E-state index in [9.17, 15) is 4.79 Å². The summed E-state index contributed by atoms with van der Waals surface area (Å²) in [6.07, 6.45) is 7.40. The fourth-order valence-corrected chi connectivity index (χ4v) is 4.10. The molecule has 1 unspecified atom stereocenters. The summed E-state index contributed by atoms with van der Waals surface area (Å²) in [6, 6.07) is 10.2. The maximum Gasteiger partial charge on any atom is 0.276 e. The van der Waals surface area contributed by atoms with Gasteiger partial charge < -0.3 is 9.42 Å². The van der Waals surface area contributed by atoms with Gasteiger partial charge in [0.05, 0.1) is 6.20 Å². The van der Waals surface area contributed by atoms with Gasteiger partial charge in [-0.3, -0.25) is 9.48 Å². The van der Waals surface area contributed by atoms with Crippen LogP contribution < -0.4 is 0 Å². The largest absolute Gasteiger partial charge is 0.360 e. The van der Waals surface area contributed by atoms with Gasteiger partial charge in [0, 0.05) is 44.2 Å². The highest BCUT2D eigenvalue weighted by Crippen LogP contribution is 2.37. The lowest BCUT2D eigenvalue weighted by atomic mass is 9.83. The van der Waals surface area contributed by atoms with Crippen molar-refractivity contribution in [1.29, 1.82) is 0 Å². The van der Waals surface area contributed by atoms with Crippen LogP contribution in [0.4, 0.5) is 0 Å². The van der Waals surface area contributed by atoms with E-state index in [0.717, 1.165) is 24.2 Å². The van der Waals surface area contributed by atoms with Crippen molar-refractivity contribution in [2.45, 2.75) is 37.6 Å². The highest BCUT2D eigenvalue weighted by molar-refractivity contribution is 5.92. The lowest BCUT2D eigenvalue weighted by Crippen LogP contribution is -2.38. The van der Waals surface area contributed by atoms with E-state index in [0.29, 0.717) is 24.7 Å². The van der Waals surface area contributed by atoms with Crippen LogP contribution in [0.25, 0.3) is 0 Å². The molecule has 1 saturated carbocycles. The number of amides is 1. The quantitative estimate of drug-likeness (QED) is 0.716. The molecule has 0 bridgehead atoms. The number of benzene rings is 1. The van der Waals surface area contributed by atoms with Gasteiger partial charge in [-0.2, -0.15) is 5.10 Å². The summed E-state index contributed by atoms with van der Waals surface area (Å²) in [5, 5.41) is 8.39. The molecule has 2 aliphatic rings. The molecule has 138 valence electrons. The number of hydrogen-bond donors (Lipinski definition) is 0. The molecule has 1 fully saturated rings. The Hall–Kier alpha value is -2.89. The van der Waals surface area contributed by atoms with Crippen LogP contribution in [0.2, 0.25) is 0 Å². The summed E-state index contributed by atoms with van der Waals surface area (Å²) < 4.78 is 7.26. The van der Waals surface area contributed by atoms with Crippen LogP contribution in [0.15, 0.2) is 47.2 Å². The number of carbonyl (C=O) groups is 1. The first-order valence-corrected chi connectivity index (χ1v) is 9.51. The third kappa shape index (κ3) is 2.85. The third-order valence-corrected chi connectivity index (χ3v) is 5.86. The molecule has 0 saturated heterocycles. The van der Waals surface area contributed by atoms with Gasteiger partial charge in [0.15, 0.2) is 5.69 Å². The summed E-state index contributed by atoms with van der Waals surface area (Å²) in [7, 11) is 1.92. The van der Waals surface area contributed by atoms with Crippen molar-refractivity contribution in [3.8, 4) is 0 Å². The Balaban J connectivity index is 1.45. The van der Waals surface area contributed by atoms with Gasteiger partial charge >= 0.3 is 0 Å². The minimum atomic E-state index is -0.0623. The SMILES string of the molecule is Cn1cc(C2CN(C(=O)c3cc(C4CCC4)on3)Cc3ccccc32)cn1. The number of fused-ring (bicyclic) bond motifs is 1. The zero-order valence-electron chi connectivity index (χ0n) is 15.3. The van der Waals surface area contributed by atoms with E-state index in [1.807, 2.05) is 36.5 Å². The van der Waals surface area contributed by atoms with Gasteiger partial charge in [-0.15, -0.1) is 0 Å². The zero-order valence-corrected chi connectivity index (χ0v) is 15.3. The normalized spacial score (nSPS) is 19.6. The van der Waals surface area contributed by atoms with Gasteiger partial charge in [0.2, 0.25) is 0 Å². The molecule has 0 N–H and O–H groups in total. The molecule has 27 heavy (non-hydrogen) atoms. The predicted octanol–water partition coefficient (Wildman–Crippen LogP) is 3.46. The fourth-order valence-electron chi connectivity index (χ4n) is 4.10. The van der Waals surface area contributed by atoms with Crippen LogP contribution >= 0.6 is 0 Å². The number of aromatic nitrogens is 3. The number of carbonyl (C=O) groups excluding carboxylic acids is 1. The third-order valence-electron chi connectivity index (χ3n) is 5.86. The molecule has 5 rings (SSSR count). The van der Waals surface area contributed by atoms with Crippen molar-refractivity contribution in [3.05, 3.63) is 70.9 Å². The molecule has 6 heteroatoms. The number of aryl methyl sites for hydroxylation is 1. The molecule has 1 amide bonds. The van der Waals surface area contributed by atoms with Crippen LogP contribution in [-0.4, -0.2) is 32.3 Å². The van der Waals surface area contributed by atoms with Crippen LogP contribution in [0, 0.1) is 0 Å². The lowest BCUT2D eigenvalue weighted by Gasteiger charge is -2.34. The van der Waals surface area contributed by atoms with Crippen molar-refractivity contribution in [1.82, 2.24) is 19.8 Å². The molecule has 0 radical (unpaired) electrons. The average Bonchev–Trinajstić information content (AvgIpc) is 3.28. The molecular formula is C21H22N4O2. The van der Waals surface area contributed by atoms with Crippen molar-refractivity contribution >= 4 is 5.91 Å². The lowest BCUT2D eigenvalue weighted by molar-refractivity contribution is 0.0714. The number of nitrogens with zero attached hydrogens (tertiary/aromatic N) is 4. The maximum absolute atomic E-state index is 13.1. The summed E-state index contributed by atoms with van der Waals surface area (Å²) in [4.78, 5) is 15.0. The van der Waals surface area contributed by atoms with Crippen molar-refractivity contribution < 1.29 is 9.32 Å². The Morgan fingerprint density at radius 2 is 2.11 bits per heavy atom. The topological polar surface area (TPSA) is 64.2 Å². The van der Waals surface area contributed by atoms with Gasteiger partial charge in [-0.05, 0) is 29.5 Å². The Bertz CT molecular complexity index is 985. The van der Waals surface area contributed by atoms with E-state index in [2.05, 4.69) is 28.5 Å². The summed E-state index contributed by atoms with van der Waals surface area (Å²) >= 11 is 0. The minimum absolute atomic E-state index is 0.0623. The molecule has 1 aliphatic heterocycles. The average molecular weight is 362 g/mol. The van der Waals surface area contributed by atoms with E-state index >= 15 is 0 Å². The van der Waals surface area contributed by atoms with Gasteiger partial charge in [-0.25, -0.2) is 0 Å². The van der Waals surface area contributed by atoms with Gasteiger partial charge in [0.25, 0.3) is 5.91 Å². The van der Waals surface area contributed by atoms with E-state index in [4.69, 9.17) is 4.52 Å². The molecule has 1 aromatic carbocycles. The molecule has 3 heterocycles. The van der Waals surface area contributed by atoms with E-state index in [1.165, 1.54) is 17.5 Å². The highest BCUT2D eigenvalue weighted by Gasteiger charge is 2.32. The first-order valence-electron chi connectivity index (χ1n) is 9.51. The second-order valence-corrected chi connectivity index (χ2v) is 7.63. The Kier molecular flexibility index (Phi) is 3.85. The number of hydrogen-bond acceptors (Lipinski definition) is 4. The predicted molar refractivity (Wildman–Crippen MR) is 99.3 cm³/mol. The monoisotopic (exact) mass is 362 g/mol. The first kappa shape index (κ1) is 16.3. The number of rotatable bonds is 3. The maximum atomic E-state index is 13.1. The smallest absolute Gasteiger partial charge is 0.276 e. The van der Waals surface area contributed by atoms with Crippen LogP contribution in [0.1, 0.15) is 64.0 Å². The van der Waals surface area contributed by atoms with Crippen LogP contribution in [-0.2, 0) is 13.6 Å². The standard InChI is InChI=1S/C21H22N4O2/c1-24-11-16(10-22-24)18-13-25(12-15-5-2-3-8-17(15)18)21(26)19-9-20(27-23-19)14-6-4-7-14/h2-3,5,8-11,14,18H,4,6-7,12-13H2,1H3. The molecule has 6 nitrogen and oxygen atoms in total. The molecule has 3 aromatic rings. The molecule has 1 atom stereocenters. The second kappa shape index (κ2) is 6.37. The minimum Gasteiger partial charge on any atom is -0.360 e. The van der Waals surface area contributed by atoms with E-state index in [1.54, 1.807) is 4.68 Å². The molecule has 2 aromatic heterocycles. The molecule has 0 spiro atoms. The Morgan fingerprint density at radius 3 is 2.85 bits per heavy atom. The van der Waals surface area contributed by atoms with E-state index < -0.39 is 0 Å². The van der Waals surface area contributed by atoms with Crippen LogP contribution in [0.5, 0.6) is 0 Å². The summed E-state index contributed by atoms with van der Waals surface area (Å²) in [5.41, 5.74) is 3.98.